The molecule has 0 aliphatic carbocycles. The Balaban J connectivity index is 1.75. The SMILES string of the molecule is [N-]=[N+]=NC1C[C@H](n2ccc(NC(=O)c3ccccc3)nc2=O)O[C@@H]1CO. The summed E-state index contributed by atoms with van der Waals surface area (Å²) in [6.07, 6.45) is 0.293. The highest BCUT2D eigenvalue weighted by atomic mass is 16.5. The fourth-order valence-electron chi connectivity index (χ4n) is 2.72. The molecule has 1 fully saturated rings. The maximum Gasteiger partial charge on any atom is 0.351 e. The molecule has 1 aliphatic heterocycles. The van der Waals surface area contributed by atoms with Gasteiger partial charge in [-0.15, -0.1) is 0 Å². The van der Waals surface area contributed by atoms with Gasteiger partial charge in [0.25, 0.3) is 5.91 Å². The van der Waals surface area contributed by atoms with Crippen molar-refractivity contribution in [1.82, 2.24) is 9.55 Å². The number of hydrogen-bond donors (Lipinski definition) is 2. The summed E-state index contributed by atoms with van der Waals surface area (Å²) >= 11 is 0. The molecule has 2 aromatic rings. The average molecular weight is 356 g/mol. The molecule has 1 aliphatic rings. The predicted octanol–water partition coefficient (Wildman–Crippen LogP) is 1.45. The summed E-state index contributed by atoms with van der Waals surface area (Å²) in [5.41, 5.74) is 8.38. The number of rotatable bonds is 5. The van der Waals surface area contributed by atoms with Crippen LogP contribution in [0, 0.1) is 0 Å². The number of benzene rings is 1. The number of carbonyl (C=O) groups excluding carboxylic acids is 1. The van der Waals surface area contributed by atoms with Crippen molar-refractivity contribution in [3.8, 4) is 0 Å². The first-order valence-corrected chi connectivity index (χ1v) is 7.88. The Kier molecular flexibility index (Phi) is 5.28. The van der Waals surface area contributed by atoms with Crippen molar-refractivity contribution in [2.45, 2.75) is 24.8 Å². The van der Waals surface area contributed by atoms with E-state index in [2.05, 4.69) is 20.3 Å². The highest BCUT2D eigenvalue weighted by Gasteiger charge is 2.35. The molecule has 10 heteroatoms. The van der Waals surface area contributed by atoms with Crippen LogP contribution in [-0.2, 0) is 4.74 Å². The molecule has 2 N–H and O–H groups in total. The largest absolute Gasteiger partial charge is 0.394 e. The van der Waals surface area contributed by atoms with E-state index in [0.717, 1.165) is 0 Å². The van der Waals surface area contributed by atoms with E-state index in [9.17, 15) is 14.7 Å². The number of nitrogens with zero attached hydrogens (tertiary/aromatic N) is 5. The van der Waals surface area contributed by atoms with Crippen molar-refractivity contribution in [3.63, 3.8) is 0 Å². The van der Waals surface area contributed by atoms with Crippen LogP contribution in [-0.4, -0.2) is 39.3 Å². The van der Waals surface area contributed by atoms with E-state index in [4.69, 9.17) is 10.3 Å². The number of aliphatic hydroxyl groups is 1. The summed E-state index contributed by atoms with van der Waals surface area (Å²) in [7, 11) is 0. The topological polar surface area (TPSA) is 142 Å². The minimum atomic E-state index is -0.707. The van der Waals surface area contributed by atoms with E-state index in [1.807, 2.05) is 0 Å². The zero-order valence-electron chi connectivity index (χ0n) is 13.6. The molecule has 3 rings (SSSR count). The third-order valence-electron chi connectivity index (χ3n) is 4.00. The van der Waals surface area contributed by atoms with Gasteiger partial charge in [0.2, 0.25) is 0 Å². The van der Waals surface area contributed by atoms with Crippen LogP contribution in [0.25, 0.3) is 10.4 Å². The number of ether oxygens (including phenoxy) is 1. The van der Waals surface area contributed by atoms with Crippen LogP contribution in [0.2, 0.25) is 0 Å². The summed E-state index contributed by atoms with van der Waals surface area (Å²) in [5.74, 6) is -0.264. The molecular weight excluding hydrogens is 340 g/mol. The number of aliphatic hydroxyl groups excluding tert-OH is 1. The summed E-state index contributed by atoms with van der Waals surface area (Å²) < 4.78 is 6.78. The molecule has 0 bridgehead atoms. The van der Waals surface area contributed by atoms with Crippen molar-refractivity contribution in [2.24, 2.45) is 5.11 Å². The first-order chi connectivity index (χ1) is 12.6. The molecule has 1 unspecified atom stereocenters. The minimum Gasteiger partial charge on any atom is -0.394 e. The highest BCUT2D eigenvalue weighted by Crippen LogP contribution is 2.29. The van der Waals surface area contributed by atoms with Crippen LogP contribution in [0.5, 0.6) is 0 Å². The third kappa shape index (κ3) is 3.72. The molecule has 10 nitrogen and oxygen atoms in total. The smallest absolute Gasteiger partial charge is 0.351 e. The lowest BCUT2D eigenvalue weighted by Crippen LogP contribution is -2.28. The van der Waals surface area contributed by atoms with E-state index in [-0.39, 0.29) is 24.8 Å². The molecule has 1 aromatic heterocycles. The van der Waals surface area contributed by atoms with Gasteiger partial charge in [-0.25, -0.2) is 4.79 Å². The van der Waals surface area contributed by atoms with Gasteiger partial charge in [-0.05, 0) is 23.7 Å². The van der Waals surface area contributed by atoms with Crippen LogP contribution >= 0.6 is 0 Å². The van der Waals surface area contributed by atoms with Gasteiger partial charge in [0.05, 0.1) is 18.8 Å². The van der Waals surface area contributed by atoms with E-state index in [1.54, 1.807) is 30.3 Å². The first kappa shape index (κ1) is 17.6. The molecular formula is C16H16N6O4. The molecule has 0 saturated carbocycles. The Morgan fingerprint density at radius 1 is 1.42 bits per heavy atom. The van der Waals surface area contributed by atoms with Gasteiger partial charge in [0, 0.05) is 23.1 Å². The summed E-state index contributed by atoms with van der Waals surface area (Å²) in [5, 5.41) is 15.4. The van der Waals surface area contributed by atoms with E-state index in [0.29, 0.717) is 5.56 Å². The number of carbonyl (C=O) groups is 1. The summed E-state index contributed by atoms with van der Waals surface area (Å²) in [6.45, 7) is -0.326. The monoisotopic (exact) mass is 356 g/mol. The maximum atomic E-state index is 12.3. The van der Waals surface area contributed by atoms with Gasteiger partial charge in [-0.3, -0.25) is 9.36 Å². The quantitative estimate of drug-likeness (QED) is 0.473. The highest BCUT2D eigenvalue weighted by molar-refractivity contribution is 6.03. The van der Waals surface area contributed by atoms with Gasteiger partial charge in [0.1, 0.15) is 12.0 Å². The lowest BCUT2D eigenvalue weighted by atomic mass is 10.1. The van der Waals surface area contributed by atoms with Gasteiger partial charge in [-0.1, -0.05) is 23.3 Å². The number of aromatic nitrogens is 2. The van der Waals surface area contributed by atoms with E-state index < -0.39 is 24.1 Å². The Labute approximate surface area is 147 Å². The Morgan fingerprint density at radius 3 is 2.85 bits per heavy atom. The number of anilines is 1. The average Bonchev–Trinajstić information content (AvgIpc) is 3.05. The Morgan fingerprint density at radius 2 is 2.19 bits per heavy atom. The number of amides is 1. The summed E-state index contributed by atoms with van der Waals surface area (Å²) in [6, 6.07) is 9.45. The molecule has 3 atom stereocenters. The Hall–Kier alpha value is -3.20. The zero-order valence-corrected chi connectivity index (χ0v) is 13.6. The minimum absolute atomic E-state index is 0.114. The first-order valence-electron chi connectivity index (χ1n) is 7.88. The normalized spacial score (nSPS) is 21.8. The second-order valence-electron chi connectivity index (χ2n) is 5.64. The van der Waals surface area contributed by atoms with Gasteiger partial charge in [0.15, 0.2) is 0 Å². The predicted molar refractivity (Wildman–Crippen MR) is 91.4 cm³/mol. The van der Waals surface area contributed by atoms with Crippen molar-refractivity contribution in [1.29, 1.82) is 0 Å². The molecule has 134 valence electrons. The molecule has 1 saturated heterocycles. The van der Waals surface area contributed by atoms with Crippen molar-refractivity contribution in [3.05, 3.63) is 69.1 Å². The van der Waals surface area contributed by atoms with Gasteiger partial charge < -0.3 is 15.2 Å². The van der Waals surface area contributed by atoms with E-state index in [1.165, 1.54) is 16.8 Å². The second kappa shape index (κ2) is 7.79. The fraction of sp³-hybridized carbons (Fsp3) is 0.312. The standard InChI is InChI=1S/C16H16N6O4/c17-21-20-11-8-14(26-12(11)9-23)22-7-6-13(19-16(22)25)18-15(24)10-4-2-1-3-5-10/h1-7,11-12,14,23H,8-9H2,(H,18,19,24,25)/t11?,12-,14-/m1/s1. The van der Waals surface area contributed by atoms with Crippen LogP contribution < -0.4 is 11.0 Å². The fourth-order valence-corrected chi connectivity index (χ4v) is 2.72. The molecule has 0 spiro atoms. The van der Waals surface area contributed by atoms with Crippen LogP contribution in [0.3, 0.4) is 0 Å². The number of azide groups is 1. The maximum absolute atomic E-state index is 12.3. The van der Waals surface area contributed by atoms with Crippen LogP contribution in [0.4, 0.5) is 5.82 Å². The Bertz CT molecular complexity index is 893. The number of nitrogens with one attached hydrogen (secondary N) is 1. The molecule has 2 heterocycles. The zero-order chi connectivity index (χ0) is 18.5. The summed E-state index contributed by atoms with van der Waals surface area (Å²) in [4.78, 5) is 30.9. The van der Waals surface area contributed by atoms with Crippen molar-refractivity contribution >= 4 is 11.7 Å². The van der Waals surface area contributed by atoms with Gasteiger partial charge in [-0.2, -0.15) is 4.98 Å². The van der Waals surface area contributed by atoms with E-state index >= 15 is 0 Å². The molecule has 0 radical (unpaired) electrons. The molecule has 1 amide bonds. The second-order valence-corrected chi connectivity index (χ2v) is 5.64. The lowest BCUT2D eigenvalue weighted by molar-refractivity contribution is -0.0269. The van der Waals surface area contributed by atoms with Crippen LogP contribution in [0.1, 0.15) is 23.0 Å². The third-order valence-corrected chi connectivity index (χ3v) is 4.00. The van der Waals surface area contributed by atoms with Crippen LogP contribution in [0.15, 0.2) is 52.5 Å². The van der Waals surface area contributed by atoms with Crippen molar-refractivity contribution in [2.75, 3.05) is 11.9 Å². The lowest BCUT2D eigenvalue weighted by Gasteiger charge is -2.15. The molecule has 26 heavy (non-hydrogen) atoms. The van der Waals surface area contributed by atoms with Gasteiger partial charge >= 0.3 is 5.69 Å². The van der Waals surface area contributed by atoms with Crippen molar-refractivity contribution < 1.29 is 14.6 Å². The number of hydrogen-bond acceptors (Lipinski definition) is 6. The molecule has 1 aromatic carbocycles.